The molecule has 0 amide bonds. The van der Waals surface area contributed by atoms with E-state index in [1.807, 2.05) is 24.3 Å². The Labute approximate surface area is 131 Å². The van der Waals surface area contributed by atoms with Gasteiger partial charge in [0, 0.05) is 0 Å². The molecule has 0 spiro atoms. The zero-order chi connectivity index (χ0) is 16.2. The molecule has 0 radical (unpaired) electrons. The van der Waals surface area contributed by atoms with Crippen LogP contribution in [0.5, 0.6) is 5.75 Å². The Morgan fingerprint density at radius 1 is 1.17 bits per heavy atom. The molecule has 0 atom stereocenters. The molecule has 0 aliphatic rings. The van der Waals surface area contributed by atoms with Crippen molar-refractivity contribution >= 4 is 5.84 Å². The van der Waals surface area contributed by atoms with Crippen molar-refractivity contribution in [3.05, 3.63) is 62.6 Å². The number of aromatic nitrogens is 2. The predicted octanol–water partition coefficient (Wildman–Crippen LogP) is 1.81. The Morgan fingerprint density at radius 2 is 1.96 bits per heavy atom. The molecule has 7 heteroatoms. The average Bonchev–Trinajstić information content (AvgIpc) is 2.94. The number of hydrogen-bond acceptors (Lipinski definition) is 6. The fourth-order valence-corrected chi connectivity index (χ4v) is 2.16. The third kappa shape index (κ3) is 3.50. The number of hydrogen-bond donors (Lipinski definition) is 0. The van der Waals surface area contributed by atoms with Crippen LogP contribution in [0.15, 0.2) is 49.0 Å². The van der Waals surface area contributed by atoms with Crippen molar-refractivity contribution in [2.24, 2.45) is 0 Å². The lowest BCUT2D eigenvalue weighted by molar-refractivity contribution is 0.275. The molecule has 0 bridgehead atoms. The van der Waals surface area contributed by atoms with E-state index in [2.05, 4.69) is 11.9 Å². The minimum Gasteiger partial charge on any atom is -0.494 e. The summed E-state index contributed by atoms with van der Waals surface area (Å²) < 4.78 is 16.2. The highest BCUT2D eigenvalue weighted by Gasteiger charge is 2.08. The van der Waals surface area contributed by atoms with E-state index in [0.29, 0.717) is 18.7 Å². The van der Waals surface area contributed by atoms with E-state index in [-0.39, 0.29) is 5.84 Å². The molecule has 3 rings (SSSR count). The lowest BCUT2D eigenvalue weighted by Gasteiger charge is -2.05. The van der Waals surface area contributed by atoms with Gasteiger partial charge in [-0.15, -0.1) is 4.57 Å². The number of rotatable bonds is 6. The molecule has 0 saturated heterocycles. The zero-order valence-electron chi connectivity index (χ0n) is 12.7. The van der Waals surface area contributed by atoms with Crippen LogP contribution in [0.1, 0.15) is 24.6 Å². The Balaban J connectivity index is 1.56. The van der Waals surface area contributed by atoms with Gasteiger partial charge in [0.15, 0.2) is 0 Å². The van der Waals surface area contributed by atoms with E-state index in [9.17, 15) is 9.59 Å². The van der Waals surface area contributed by atoms with E-state index < -0.39 is 11.3 Å². The van der Waals surface area contributed by atoms with Gasteiger partial charge in [-0.05, 0) is 37.0 Å². The fourth-order valence-electron chi connectivity index (χ4n) is 2.16. The van der Waals surface area contributed by atoms with E-state index in [1.165, 1.54) is 11.8 Å². The van der Waals surface area contributed by atoms with Gasteiger partial charge in [-0.25, -0.2) is 9.59 Å². The van der Waals surface area contributed by atoms with E-state index in [0.717, 1.165) is 23.2 Å². The lowest BCUT2D eigenvalue weighted by Crippen LogP contribution is -2.22. The van der Waals surface area contributed by atoms with E-state index in [4.69, 9.17) is 13.7 Å². The first-order chi connectivity index (χ1) is 11.2. The Kier molecular flexibility index (Phi) is 4.27. The maximum Gasteiger partial charge on any atom is 0.442 e. The van der Waals surface area contributed by atoms with Crippen LogP contribution >= 0.6 is 0 Å². The van der Waals surface area contributed by atoms with Gasteiger partial charge >= 0.3 is 17.1 Å². The molecule has 120 valence electrons. The minimum atomic E-state index is -1.06. The van der Waals surface area contributed by atoms with Gasteiger partial charge in [-0.1, -0.05) is 19.1 Å². The van der Waals surface area contributed by atoms with Crippen LogP contribution in [-0.2, 0) is 12.8 Å². The van der Waals surface area contributed by atoms with Crippen molar-refractivity contribution in [2.75, 3.05) is 6.61 Å². The lowest BCUT2D eigenvalue weighted by atomic mass is 10.2. The number of benzene rings is 1. The predicted molar refractivity (Wildman–Crippen MR) is 81.9 cm³/mol. The third-order valence-electron chi connectivity index (χ3n) is 3.40. The third-order valence-corrected chi connectivity index (χ3v) is 3.40. The normalized spacial score (nSPS) is 11.0. The van der Waals surface area contributed by atoms with Crippen LogP contribution in [0.25, 0.3) is 5.84 Å². The van der Waals surface area contributed by atoms with Crippen LogP contribution in [0.4, 0.5) is 0 Å². The molecular weight excluding hydrogens is 300 g/mol. The SMILES string of the molecule is CCc1ccc(OCCCc2cn3oc(=O)c(=O)oc3n2)cc1. The summed E-state index contributed by atoms with van der Waals surface area (Å²) in [5.41, 5.74) is -0.189. The molecule has 1 aromatic carbocycles. The van der Waals surface area contributed by atoms with Crippen molar-refractivity contribution in [3.8, 4) is 5.75 Å². The van der Waals surface area contributed by atoms with Crippen LogP contribution in [0.2, 0.25) is 0 Å². The zero-order valence-corrected chi connectivity index (χ0v) is 12.7. The van der Waals surface area contributed by atoms with Gasteiger partial charge in [0.2, 0.25) is 0 Å². The molecule has 7 nitrogen and oxygen atoms in total. The first kappa shape index (κ1) is 15.1. The second-order valence-corrected chi connectivity index (χ2v) is 5.06. The molecule has 0 N–H and O–H groups in total. The number of imidazole rings is 1. The molecule has 2 heterocycles. The van der Waals surface area contributed by atoms with Crippen molar-refractivity contribution in [3.63, 3.8) is 0 Å². The molecule has 3 aromatic rings. The largest absolute Gasteiger partial charge is 0.494 e. The van der Waals surface area contributed by atoms with Gasteiger partial charge in [-0.2, -0.15) is 4.98 Å². The van der Waals surface area contributed by atoms with Gasteiger partial charge in [0.1, 0.15) is 5.75 Å². The Morgan fingerprint density at radius 3 is 2.70 bits per heavy atom. The number of fused-ring (bicyclic) bond motifs is 1. The van der Waals surface area contributed by atoms with Gasteiger partial charge in [0.05, 0.1) is 18.5 Å². The summed E-state index contributed by atoms with van der Waals surface area (Å²) in [6.07, 6.45) is 3.87. The fraction of sp³-hybridized carbons (Fsp3) is 0.312. The van der Waals surface area contributed by atoms with Crippen molar-refractivity contribution in [2.45, 2.75) is 26.2 Å². The first-order valence-corrected chi connectivity index (χ1v) is 7.40. The second-order valence-electron chi connectivity index (χ2n) is 5.06. The molecule has 2 aromatic heterocycles. The molecule has 0 aliphatic carbocycles. The molecule has 0 saturated carbocycles. The van der Waals surface area contributed by atoms with Gasteiger partial charge in [-0.3, -0.25) is 0 Å². The van der Waals surface area contributed by atoms with Crippen molar-refractivity contribution < 1.29 is 13.7 Å². The highest BCUT2D eigenvalue weighted by Crippen LogP contribution is 2.13. The van der Waals surface area contributed by atoms with Crippen LogP contribution in [-0.4, -0.2) is 16.2 Å². The number of aryl methyl sites for hydroxylation is 2. The summed E-state index contributed by atoms with van der Waals surface area (Å²) in [5, 5.41) is 0. The maximum absolute atomic E-state index is 11.1. The highest BCUT2D eigenvalue weighted by atomic mass is 16.6. The summed E-state index contributed by atoms with van der Waals surface area (Å²) in [7, 11) is 0. The monoisotopic (exact) mass is 316 g/mol. The highest BCUT2D eigenvalue weighted by molar-refractivity contribution is 5.27. The first-order valence-electron chi connectivity index (χ1n) is 7.40. The van der Waals surface area contributed by atoms with Gasteiger partial charge in [0.25, 0.3) is 0 Å². The van der Waals surface area contributed by atoms with E-state index >= 15 is 0 Å². The van der Waals surface area contributed by atoms with Crippen LogP contribution in [0.3, 0.4) is 0 Å². The summed E-state index contributed by atoms with van der Waals surface area (Å²) in [4.78, 5) is 26.2. The van der Waals surface area contributed by atoms with Crippen LogP contribution in [0, 0.1) is 0 Å². The standard InChI is InChI=1S/C16H16N2O5/c1-2-11-5-7-13(8-6-11)21-9-3-4-12-10-18-16(17-12)22-14(19)15(20)23-18/h5-8,10H,2-4,9H2,1H3. The summed E-state index contributed by atoms with van der Waals surface area (Å²) in [5.74, 6) is 0.801. The van der Waals surface area contributed by atoms with Crippen molar-refractivity contribution in [1.82, 2.24) is 9.56 Å². The minimum absolute atomic E-state index is 0.0272. The van der Waals surface area contributed by atoms with Crippen molar-refractivity contribution in [1.29, 1.82) is 0 Å². The van der Waals surface area contributed by atoms with E-state index in [1.54, 1.807) is 0 Å². The Hall–Kier alpha value is -2.83. The van der Waals surface area contributed by atoms with Gasteiger partial charge < -0.3 is 13.7 Å². The summed E-state index contributed by atoms with van der Waals surface area (Å²) in [6.45, 7) is 2.64. The smallest absolute Gasteiger partial charge is 0.442 e. The Bertz CT molecular complexity index is 858. The quantitative estimate of drug-likeness (QED) is 0.509. The molecule has 23 heavy (non-hydrogen) atoms. The molecular formula is C16H16N2O5. The summed E-state index contributed by atoms with van der Waals surface area (Å²) >= 11 is 0. The number of nitrogens with zero attached hydrogens (tertiary/aromatic N) is 2. The van der Waals surface area contributed by atoms with Crippen LogP contribution < -0.4 is 16.0 Å². The second kappa shape index (κ2) is 6.51. The number of ether oxygens (including phenoxy) is 1. The maximum atomic E-state index is 11.1. The topological polar surface area (TPSA) is 87.0 Å². The molecule has 0 aliphatic heterocycles. The molecule has 0 fully saturated rings. The summed E-state index contributed by atoms with van der Waals surface area (Å²) in [6, 6.07) is 7.99. The molecule has 0 unspecified atom stereocenters. The average molecular weight is 316 g/mol.